The van der Waals surface area contributed by atoms with Crippen molar-refractivity contribution >= 4 is 21.4 Å². The van der Waals surface area contributed by atoms with Crippen molar-refractivity contribution in [3.8, 4) is 0 Å². The van der Waals surface area contributed by atoms with E-state index in [0.717, 1.165) is 36.6 Å². The molecule has 0 saturated carbocycles. The first-order valence-corrected chi connectivity index (χ1v) is 10.9. The van der Waals surface area contributed by atoms with Gasteiger partial charge < -0.3 is 17.8 Å². The molecule has 0 aromatic carbocycles. The normalized spacial score (nSPS) is 14.4. The summed E-state index contributed by atoms with van der Waals surface area (Å²) in [6, 6.07) is 0.844. The van der Waals surface area contributed by atoms with E-state index in [4.69, 9.17) is 25.9 Å². The molecule has 1 atom stereocenters. The molecule has 0 N–H and O–H groups in total. The van der Waals surface area contributed by atoms with Gasteiger partial charge in [-0.1, -0.05) is 0 Å². The summed E-state index contributed by atoms with van der Waals surface area (Å²) >= 11 is 4.90. The van der Waals surface area contributed by atoms with Gasteiger partial charge in [0.15, 0.2) is 0 Å². The van der Waals surface area contributed by atoms with E-state index in [2.05, 4.69) is 20.8 Å². The molecule has 0 rings (SSSR count). The van der Waals surface area contributed by atoms with Crippen LogP contribution in [0.3, 0.4) is 0 Å². The molecule has 4 nitrogen and oxygen atoms in total. The smallest absolute Gasteiger partial charge is 0.374 e. The Kier molecular flexibility index (Phi) is 11.2. The predicted octanol–water partition coefficient (Wildman–Crippen LogP) is 3.56. The van der Waals surface area contributed by atoms with E-state index in [1.165, 1.54) is 0 Å². The average molecular weight is 339 g/mol. The van der Waals surface area contributed by atoms with Crippen molar-refractivity contribution in [3.63, 3.8) is 0 Å². The van der Waals surface area contributed by atoms with Crippen molar-refractivity contribution in [2.75, 3.05) is 39.5 Å². The minimum absolute atomic E-state index is 0.304. The lowest BCUT2D eigenvalue weighted by atomic mass is 10.3. The molecule has 0 saturated heterocycles. The van der Waals surface area contributed by atoms with Crippen molar-refractivity contribution in [2.24, 2.45) is 0 Å². The lowest BCUT2D eigenvalue weighted by Gasteiger charge is -2.41. The average Bonchev–Trinajstić information content (AvgIpc) is 2.48. The van der Waals surface area contributed by atoms with E-state index in [1.807, 2.05) is 20.8 Å². The quantitative estimate of drug-likeness (QED) is 0.241. The Bertz CT molecular complexity index is 240. The van der Waals surface area contributed by atoms with Crippen LogP contribution in [0.1, 0.15) is 48.0 Å². The Morgan fingerprint density at radius 2 is 1.19 bits per heavy atom. The Morgan fingerprint density at radius 3 is 1.48 bits per heavy atom. The topological polar surface area (TPSA) is 27.7 Å². The Balaban J connectivity index is 4.86. The maximum atomic E-state index is 5.93. The van der Waals surface area contributed by atoms with Crippen molar-refractivity contribution in [3.05, 3.63) is 0 Å². The van der Waals surface area contributed by atoms with E-state index in [9.17, 15) is 0 Å². The van der Waals surface area contributed by atoms with Crippen LogP contribution in [0.5, 0.6) is 0 Å². The van der Waals surface area contributed by atoms with Crippen LogP contribution in [0, 0.1) is 0 Å². The number of quaternary nitrogens is 1. The number of nitrogens with zero attached hydrogens (tertiary/aromatic N) is 1. The van der Waals surface area contributed by atoms with Gasteiger partial charge in [-0.3, -0.25) is 0 Å². The standard InChI is InChI=1S/C15H35NO3SSi/c1-7-16(8-2,9-3)15(20)13-14-21(17-10-4,18-11-5)19-12-6/h15H,7-14H2,1-6H3/p+1. The highest BCUT2D eigenvalue weighted by Gasteiger charge is 2.42. The van der Waals surface area contributed by atoms with Crippen LogP contribution in [0.2, 0.25) is 6.04 Å². The van der Waals surface area contributed by atoms with Crippen molar-refractivity contribution in [1.82, 2.24) is 0 Å². The molecule has 0 amide bonds. The lowest BCUT2D eigenvalue weighted by molar-refractivity contribution is -0.932. The number of rotatable bonds is 13. The molecule has 1 unspecified atom stereocenters. The molecule has 0 aliphatic heterocycles. The van der Waals surface area contributed by atoms with Crippen LogP contribution in [0.25, 0.3) is 0 Å². The molecular formula is C15H36NO3SSi+. The second-order valence-corrected chi connectivity index (χ2v) is 8.50. The number of hydrogen-bond acceptors (Lipinski definition) is 4. The SMILES string of the molecule is CCO[Si](CCC(S)[N+](CC)(CC)CC)(OCC)OCC. The fraction of sp³-hybridized carbons (Fsp3) is 1.00. The van der Waals surface area contributed by atoms with Gasteiger partial charge in [-0.25, -0.2) is 0 Å². The second kappa shape index (κ2) is 11.0. The first-order chi connectivity index (χ1) is 9.99. The Morgan fingerprint density at radius 1 is 0.810 bits per heavy atom. The van der Waals surface area contributed by atoms with E-state index < -0.39 is 8.80 Å². The van der Waals surface area contributed by atoms with Gasteiger partial charge in [-0.2, -0.15) is 0 Å². The molecule has 0 aromatic heterocycles. The summed E-state index contributed by atoms with van der Waals surface area (Å²) in [5, 5.41) is 0.304. The minimum atomic E-state index is -2.53. The summed E-state index contributed by atoms with van der Waals surface area (Å²) in [7, 11) is -2.53. The highest BCUT2D eigenvalue weighted by molar-refractivity contribution is 7.80. The van der Waals surface area contributed by atoms with E-state index in [0.29, 0.717) is 25.2 Å². The van der Waals surface area contributed by atoms with Crippen LogP contribution < -0.4 is 0 Å². The van der Waals surface area contributed by atoms with Gasteiger partial charge in [0.05, 0.1) is 19.6 Å². The van der Waals surface area contributed by atoms with Crippen LogP contribution >= 0.6 is 12.6 Å². The molecule has 0 aliphatic rings. The van der Waals surface area contributed by atoms with Crippen LogP contribution in [-0.2, 0) is 13.3 Å². The third-order valence-corrected chi connectivity index (χ3v) is 8.16. The largest absolute Gasteiger partial charge is 0.501 e. The third kappa shape index (κ3) is 6.20. The van der Waals surface area contributed by atoms with E-state index in [1.54, 1.807) is 0 Å². The van der Waals surface area contributed by atoms with Gasteiger partial charge in [-0.05, 0) is 41.5 Å². The zero-order chi connectivity index (χ0) is 16.4. The summed E-state index contributed by atoms with van der Waals surface area (Å²) in [4.78, 5) is 0. The molecule has 21 heavy (non-hydrogen) atoms. The summed E-state index contributed by atoms with van der Waals surface area (Å²) < 4.78 is 18.8. The molecule has 0 fully saturated rings. The highest BCUT2D eigenvalue weighted by Crippen LogP contribution is 2.26. The summed E-state index contributed by atoms with van der Waals surface area (Å²) in [6.45, 7) is 18.0. The molecule has 0 radical (unpaired) electrons. The van der Waals surface area contributed by atoms with Crippen LogP contribution in [-0.4, -0.2) is 58.1 Å². The third-order valence-electron chi connectivity index (χ3n) is 4.32. The summed E-state index contributed by atoms with van der Waals surface area (Å²) in [6.07, 6.45) is 0.963. The highest BCUT2D eigenvalue weighted by atomic mass is 32.1. The van der Waals surface area contributed by atoms with Gasteiger partial charge >= 0.3 is 8.80 Å². The van der Waals surface area contributed by atoms with Gasteiger partial charge in [-0.15, -0.1) is 12.6 Å². The molecule has 0 spiro atoms. The monoisotopic (exact) mass is 338 g/mol. The Labute approximate surface area is 138 Å². The lowest BCUT2D eigenvalue weighted by Crippen LogP contribution is -2.54. The zero-order valence-electron chi connectivity index (χ0n) is 14.9. The molecule has 0 heterocycles. The van der Waals surface area contributed by atoms with Gasteiger partial charge in [0.2, 0.25) is 0 Å². The van der Waals surface area contributed by atoms with Gasteiger partial charge in [0.25, 0.3) is 0 Å². The van der Waals surface area contributed by atoms with Crippen molar-refractivity contribution in [2.45, 2.75) is 59.4 Å². The molecule has 0 bridgehead atoms. The second-order valence-electron chi connectivity index (χ2n) is 5.17. The maximum Gasteiger partial charge on any atom is 0.501 e. The fourth-order valence-corrected chi connectivity index (χ4v) is 6.38. The molecule has 0 aliphatic carbocycles. The first kappa shape index (κ1) is 21.4. The minimum Gasteiger partial charge on any atom is -0.374 e. The predicted molar refractivity (Wildman–Crippen MR) is 94.7 cm³/mol. The summed E-state index contributed by atoms with van der Waals surface area (Å²) in [5.41, 5.74) is 0. The van der Waals surface area contributed by atoms with Crippen molar-refractivity contribution in [1.29, 1.82) is 0 Å². The van der Waals surface area contributed by atoms with Crippen LogP contribution in [0.15, 0.2) is 0 Å². The number of thiol groups is 1. The van der Waals surface area contributed by atoms with Gasteiger partial charge in [0.1, 0.15) is 5.37 Å². The van der Waals surface area contributed by atoms with E-state index in [-0.39, 0.29) is 0 Å². The van der Waals surface area contributed by atoms with E-state index >= 15 is 0 Å². The number of hydrogen-bond donors (Lipinski definition) is 1. The van der Waals surface area contributed by atoms with Gasteiger partial charge in [0, 0.05) is 32.3 Å². The molecule has 0 aromatic rings. The fourth-order valence-electron chi connectivity index (χ4n) is 2.88. The molecular weight excluding hydrogens is 302 g/mol. The summed E-state index contributed by atoms with van der Waals surface area (Å²) in [5.74, 6) is 0. The molecule has 128 valence electrons. The van der Waals surface area contributed by atoms with Crippen molar-refractivity contribution < 1.29 is 17.8 Å². The first-order valence-electron chi connectivity index (χ1n) is 8.45. The Hall–Kier alpha value is 0.407. The molecule has 6 heteroatoms. The zero-order valence-corrected chi connectivity index (χ0v) is 16.7. The van der Waals surface area contributed by atoms with Crippen LogP contribution in [0.4, 0.5) is 0 Å². The maximum absolute atomic E-state index is 5.93.